The lowest BCUT2D eigenvalue weighted by molar-refractivity contribution is -0.140. The third-order valence-electron chi connectivity index (χ3n) is 6.34. The molecule has 0 aliphatic carbocycles. The zero-order valence-electron chi connectivity index (χ0n) is 23.2. The number of hydrogen-bond donors (Lipinski definition) is 1. The summed E-state index contributed by atoms with van der Waals surface area (Å²) in [6, 6.07) is 20.6. The summed E-state index contributed by atoms with van der Waals surface area (Å²) in [5.41, 5.74) is 0.933. The zero-order valence-corrected chi connectivity index (χ0v) is 24.8. The van der Waals surface area contributed by atoms with E-state index >= 15 is 0 Å². The monoisotopic (exact) mass is 585 g/mol. The summed E-state index contributed by atoms with van der Waals surface area (Å²) in [4.78, 5) is 28.8. The zero-order chi connectivity index (χ0) is 29.3. The maximum Gasteiger partial charge on any atom is 0.264 e. The van der Waals surface area contributed by atoms with Crippen molar-refractivity contribution in [2.75, 3.05) is 24.5 Å². The number of methoxy groups -OCH3 is 1. The molecule has 3 aromatic rings. The van der Waals surface area contributed by atoms with Gasteiger partial charge in [0, 0.05) is 18.1 Å². The Kier molecular flexibility index (Phi) is 11.0. The second-order valence-electron chi connectivity index (χ2n) is 9.70. The highest BCUT2D eigenvalue weighted by Crippen LogP contribution is 2.27. The smallest absolute Gasteiger partial charge is 0.264 e. The highest BCUT2D eigenvalue weighted by atomic mass is 35.5. The normalized spacial score (nSPS) is 12.1. The summed E-state index contributed by atoms with van der Waals surface area (Å²) < 4.78 is 34.0. The summed E-state index contributed by atoms with van der Waals surface area (Å²) >= 11 is 6.43. The van der Waals surface area contributed by atoms with E-state index in [1.165, 1.54) is 24.1 Å². The van der Waals surface area contributed by atoms with Gasteiger partial charge in [0.1, 0.15) is 18.3 Å². The van der Waals surface area contributed by atoms with Crippen LogP contribution in [-0.2, 0) is 26.2 Å². The van der Waals surface area contributed by atoms with E-state index in [4.69, 9.17) is 16.3 Å². The van der Waals surface area contributed by atoms with Gasteiger partial charge in [0.15, 0.2) is 0 Å². The van der Waals surface area contributed by atoms with Crippen molar-refractivity contribution in [3.05, 3.63) is 89.4 Å². The molecule has 0 radical (unpaired) electrons. The molecule has 1 N–H and O–H groups in total. The minimum Gasteiger partial charge on any atom is -0.497 e. The number of amides is 2. The number of anilines is 1. The van der Waals surface area contributed by atoms with E-state index in [2.05, 4.69) is 5.32 Å². The summed E-state index contributed by atoms with van der Waals surface area (Å²) in [5, 5.41) is 3.36. The number of carbonyl (C=O) groups excluding carboxylic acids is 2. The Balaban J connectivity index is 2.05. The van der Waals surface area contributed by atoms with Crippen molar-refractivity contribution >= 4 is 39.1 Å². The number of nitrogens with one attached hydrogen (secondary N) is 1. The number of nitrogens with zero attached hydrogens (tertiary/aromatic N) is 2. The van der Waals surface area contributed by atoms with E-state index in [1.807, 2.05) is 20.8 Å². The number of benzene rings is 3. The molecule has 2 amide bonds. The van der Waals surface area contributed by atoms with E-state index in [1.54, 1.807) is 66.7 Å². The molecule has 0 unspecified atom stereocenters. The van der Waals surface area contributed by atoms with Crippen molar-refractivity contribution in [3.8, 4) is 5.75 Å². The van der Waals surface area contributed by atoms with E-state index in [0.29, 0.717) is 29.3 Å². The van der Waals surface area contributed by atoms with Gasteiger partial charge < -0.3 is 15.0 Å². The number of carbonyl (C=O) groups is 2. The van der Waals surface area contributed by atoms with Crippen LogP contribution in [0, 0.1) is 5.92 Å². The molecule has 0 saturated heterocycles. The quantitative estimate of drug-likeness (QED) is 0.300. The van der Waals surface area contributed by atoms with E-state index in [9.17, 15) is 18.0 Å². The Morgan fingerprint density at radius 1 is 0.950 bits per heavy atom. The van der Waals surface area contributed by atoms with Gasteiger partial charge in [0.25, 0.3) is 10.0 Å². The molecule has 0 aromatic heterocycles. The molecule has 0 fully saturated rings. The Hall–Kier alpha value is -3.56. The number of sulfonamides is 1. The number of hydrogen-bond acceptors (Lipinski definition) is 5. The standard InChI is InChI=1S/C30H36ClN3O5S/c1-5-28(30(36)32-19-22(2)3)33(20-23-11-9-10-14-27(23)31)29(35)21-34(24-15-17-25(39-4)18-16-24)40(37,38)26-12-7-6-8-13-26/h6-18,22,28H,5,19-21H2,1-4H3,(H,32,36)/t28-/m1/s1. The van der Waals surface area contributed by atoms with Crippen LogP contribution in [-0.4, -0.2) is 51.4 Å². The Bertz CT molecular complexity index is 1380. The van der Waals surface area contributed by atoms with Crippen LogP contribution in [0.1, 0.15) is 32.8 Å². The molecule has 0 saturated carbocycles. The van der Waals surface area contributed by atoms with Crippen LogP contribution in [0.25, 0.3) is 0 Å². The van der Waals surface area contributed by atoms with Crippen LogP contribution in [0.5, 0.6) is 5.75 Å². The lowest BCUT2D eigenvalue weighted by atomic mass is 10.1. The average molecular weight is 586 g/mol. The number of halogens is 1. The first kappa shape index (κ1) is 31.0. The fourth-order valence-electron chi connectivity index (χ4n) is 4.15. The van der Waals surface area contributed by atoms with Crippen LogP contribution >= 0.6 is 11.6 Å². The molecule has 0 bridgehead atoms. The minimum absolute atomic E-state index is 0.0357. The molecular formula is C30H36ClN3O5S. The predicted octanol–water partition coefficient (Wildman–Crippen LogP) is 5.12. The van der Waals surface area contributed by atoms with Crippen molar-refractivity contribution in [1.29, 1.82) is 0 Å². The molecule has 10 heteroatoms. The van der Waals surface area contributed by atoms with Gasteiger partial charge in [-0.1, -0.05) is 68.8 Å². The van der Waals surface area contributed by atoms with Gasteiger partial charge in [-0.15, -0.1) is 0 Å². The SMILES string of the molecule is CC[C@H](C(=O)NCC(C)C)N(Cc1ccccc1Cl)C(=O)CN(c1ccc(OC)cc1)S(=O)(=O)c1ccccc1. The molecule has 1 atom stereocenters. The van der Waals surface area contributed by atoms with Gasteiger partial charge in [-0.3, -0.25) is 13.9 Å². The lowest BCUT2D eigenvalue weighted by Crippen LogP contribution is -2.52. The molecule has 3 aromatic carbocycles. The third kappa shape index (κ3) is 7.76. The van der Waals surface area contributed by atoms with E-state index in [-0.39, 0.29) is 29.0 Å². The van der Waals surface area contributed by atoms with Crippen molar-refractivity contribution in [1.82, 2.24) is 10.2 Å². The first-order valence-corrected chi connectivity index (χ1v) is 14.9. The molecule has 214 valence electrons. The Morgan fingerprint density at radius 3 is 2.15 bits per heavy atom. The van der Waals surface area contributed by atoms with Gasteiger partial charge in [0.2, 0.25) is 11.8 Å². The minimum atomic E-state index is -4.14. The van der Waals surface area contributed by atoms with Gasteiger partial charge >= 0.3 is 0 Å². The summed E-state index contributed by atoms with van der Waals surface area (Å²) in [5.74, 6) is -0.0867. The first-order valence-electron chi connectivity index (χ1n) is 13.1. The van der Waals surface area contributed by atoms with Gasteiger partial charge in [-0.25, -0.2) is 8.42 Å². The van der Waals surface area contributed by atoms with Gasteiger partial charge in [-0.05, 0) is 60.4 Å². The van der Waals surface area contributed by atoms with Crippen LogP contribution < -0.4 is 14.4 Å². The summed E-state index contributed by atoms with van der Waals surface area (Å²) in [6.45, 7) is 5.73. The maximum absolute atomic E-state index is 14.1. The second kappa shape index (κ2) is 14.2. The molecule has 8 nitrogen and oxygen atoms in total. The highest BCUT2D eigenvalue weighted by Gasteiger charge is 2.34. The summed E-state index contributed by atoms with van der Waals surface area (Å²) in [7, 11) is -2.63. The predicted molar refractivity (Wildman–Crippen MR) is 158 cm³/mol. The lowest BCUT2D eigenvalue weighted by Gasteiger charge is -2.33. The van der Waals surface area contributed by atoms with Crippen molar-refractivity contribution in [2.45, 2.75) is 44.7 Å². The Morgan fingerprint density at radius 2 is 1.57 bits per heavy atom. The number of ether oxygens (including phenoxy) is 1. The van der Waals surface area contributed by atoms with Crippen LogP contribution in [0.4, 0.5) is 5.69 Å². The Labute approximate surface area is 241 Å². The first-order chi connectivity index (χ1) is 19.1. The fraction of sp³-hybridized carbons (Fsp3) is 0.333. The largest absolute Gasteiger partial charge is 0.497 e. The topological polar surface area (TPSA) is 96.0 Å². The van der Waals surface area contributed by atoms with Crippen LogP contribution in [0.3, 0.4) is 0 Å². The van der Waals surface area contributed by atoms with Crippen molar-refractivity contribution < 1.29 is 22.7 Å². The molecule has 0 aliphatic heterocycles. The third-order valence-corrected chi connectivity index (χ3v) is 8.50. The molecule has 0 aliphatic rings. The highest BCUT2D eigenvalue weighted by molar-refractivity contribution is 7.92. The number of rotatable bonds is 13. The average Bonchev–Trinajstić information content (AvgIpc) is 2.96. The second-order valence-corrected chi connectivity index (χ2v) is 12.0. The van der Waals surface area contributed by atoms with E-state index < -0.39 is 28.5 Å². The van der Waals surface area contributed by atoms with Gasteiger partial charge in [0.05, 0.1) is 17.7 Å². The summed E-state index contributed by atoms with van der Waals surface area (Å²) in [6.07, 6.45) is 0.327. The van der Waals surface area contributed by atoms with Crippen LogP contribution in [0.15, 0.2) is 83.8 Å². The van der Waals surface area contributed by atoms with E-state index in [0.717, 1.165) is 4.31 Å². The molecule has 0 heterocycles. The van der Waals surface area contributed by atoms with Crippen molar-refractivity contribution in [2.24, 2.45) is 5.92 Å². The van der Waals surface area contributed by atoms with Gasteiger partial charge in [-0.2, -0.15) is 0 Å². The van der Waals surface area contributed by atoms with Crippen LogP contribution in [0.2, 0.25) is 5.02 Å². The molecule has 3 rings (SSSR count). The fourth-order valence-corrected chi connectivity index (χ4v) is 5.78. The molecule has 40 heavy (non-hydrogen) atoms. The molecule has 0 spiro atoms. The molecular weight excluding hydrogens is 550 g/mol. The maximum atomic E-state index is 14.1. The van der Waals surface area contributed by atoms with Crippen molar-refractivity contribution in [3.63, 3.8) is 0 Å².